The summed E-state index contributed by atoms with van der Waals surface area (Å²) in [6.45, 7) is 6.77. The maximum absolute atomic E-state index is 14.1. The molecule has 0 saturated heterocycles. The molecule has 0 fully saturated rings. The van der Waals surface area contributed by atoms with Crippen molar-refractivity contribution < 1.29 is 13.6 Å². The zero-order chi connectivity index (χ0) is 19.4. The molecule has 0 N–H and O–H groups in total. The van der Waals surface area contributed by atoms with E-state index in [1.165, 1.54) is 29.2 Å². The van der Waals surface area contributed by atoms with Crippen molar-refractivity contribution in [2.24, 2.45) is 0 Å². The van der Waals surface area contributed by atoms with Crippen LogP contribution in [0.25, 0.3) is 11.0 Å². The highest BCUT2D eigenvalue weighted by molar-refractivity contribution is 5.94. The number of aromatic nitrogens is 2. The average Bonchev–Trinajstić information content (AvgIpc) is 2.98. The van der Waals surface area contributed by atoms with E-state index in [2.05, 4.69) is 11.6 Å². The zero-order valence-corrected chi connectivity index (χ0v) is 15.2. The Labute approximate surface area is 156 Å². The first-order valence-corrected chi connectivity index (χ1v) is 8.84. The van der Waals surface area contributed by atoms with Gasteiger partial charge in [0.2, 0.25) is 0 Å². The van der Waals surface area contributed by atoms with E-state index in [1.807, 2.05) is 11.5 Å². The second-order valence-corrected chi connectivity index (χ2v) is 6.27. The SMILES string of the molecule is C=CCN(Cc1nc2ccc(F)cc2n1CCC)C(=O)c1ccccc1F. The normalized spacial score (nSPS) is 10.9. The van der Waals surface area contributed by atoms with Crippen molar-refractivity contribution in [1.29, 1.82) is 0 Å². The lowest BCUT2D eigenvalue weighted by molar-refractivity contribution is 0.0752. The molecule has 1 heterocycles. The number of nitrogens with zero attached hydrogens (tertiary/aromatic N) is 3. The van der Waals surface area contributed by atoms with Crippen molar-refractivity contribution in [1.82, 2.24) is 14.5 Å². The van der Waals surface area contributed by atoms with Crippen LogP contribution in [-0.4, -0.2) is 26.9 Å². The van der Waals surface area contributed by atoms with Gasteiger partial charge in [0.15, 0.2) is 0 Å². The Morgan fingerprint density at radius 3 is 2.74 bits per heavy atom. The molecule has 4 nitrogen and oxygen atoms in total. The van der Waals surface area contributed by atoms with E-state index in [0.717, 1.165) is 6.42 Å². The van der Waals surface area contributed by atoms with Crippen molar-refractivity contribution >= 4 is 16.9 Å². The number of aryl methyl sites for hydroxylation is 1. The number of amides is 1. The average molecular weight is 369 g/mol. The fourth-order valence-electron chi connectivity index (χ4n) is 3.09. The Balaban J connectivity index is 1.99. The Kier molecular flexibility index (Phi) is 5.64. The van der Waals surface area contributed by atoms with Crippen LogP contribution in [0.2, 0.25) is 0 Å². The Hall–Kier alpha value is -3.02. The molecule has 0 radical (unpaired) electrons. The lowest BCUT2D eigenvalue weighted by Gasteiger charge is -2.22. The number of hydrogen-bond acceptors (Lipinski definition) is 2. The van der Waals surface area contributed by atoms with Crippen molar-refractivity contribution in [2.45, 2.75) is 26.4 Å². The summed E-state index contributed by atoms with van der Waals surface area (Å²) in [7, 11) is 0. The van der Waals surface area contributed by atoms with E-state index in [4.69, 9.17) is 0 Å². The van der Waals surface area contributed by atoms with E-state index in [1.54, 1.807) is 24.3 Å². The number of hydrogen-bond donors (Lipinski definition) is 0. The first-order valence-electron chi connectivity index (χ1n) is 8.84. The minimum absolute atomic E-state index is 0.00328. The maximum atomic E-state index is 14.1. The van der Waals surface area contributed by atoms with Crippen LogP contribution in [0.5, 0.6) is 0 Å². The molecular formula is C21H21F2N3O. The Morgan fingerprint density at radius 1 is 1.26 bits per heavy atom. The minimum Gasteiger partial charge on any atom is -0.327 e. The van der Waals surface area contributed by atoms with Gasteiger partial charge in [-0.15, -0.1) is 6.58 Å². The van der Waals surface area contributed by atoms with Gasteiger partial charge >= 0.3 is 0 Å². The van der Waals surface area contributed by atoms with Crippen LogP contribution in [0.15, 0.2) is 55.1 Å². The number of halogens is 2. The predicted octanol–water partition coefficient (Wildman–Crippen LogP) is 4.55. The van der Waals surface area contributed by atoms with Gasteiger partial charge in [-0.2, -0.15) is 0 Å². The second-order valence-electron chi connectivity index (χ2n) is 6.27. The standard InChI is InChI=1S/C21H21F2N3O/c1-3-11-25(21(27)16-7-5-6-8-17(16)23)14-20-24-18-10-9-15(22)13-19(18)26(20)12-4-2/h3,5-10,13H,1,4,11-12,14H2,2H3. The van der Waals surface area contributed by atoms with Gasteiger partial charge in [-0.25, -0.2) is 13.8 Å². The smallest absolute Gasteiger partial charge is 0.257 e. The second kappa shape index (κ2) is 8.12. The highest BCUT2D eigenvalue weighted by Gasteiger charge is 2.21. The summed E-state index contributed by atoms with van der Waals surface area (Å²) in [5, 5.41) is 0. The molecule has 0 atom stereocenters. The van der Waals surface area contributed by atoms with Gasteiger partial charge in [-0.05, 0) is 36.8 Å². The number of fused-ring (bicyclic) bond motifs is 1. The number of rotatable bonds is 7. The maximum Gasteiger partial charge on any atom is 0.257 e. The monoisotopic (exact) mass is 369 g/mol. The van der Waals surface area contributed by atoms with Crippen molar-refractivity contribution in [3.8, 4) is 0 Å². The number of imidazole rings is 1. The molecule has 0 bridgehead atoms. The molecule has 0 saturated carbocycles. The van der Waals surface area contributed by atoms with Gasteiger partial charge in [0.25, 0.3) is 5.91 Å². The van der Waals surface area contributed by atoms with Crippen molar-refractivity contribution in [3.05, 3.63) is 78.1 Å². The summed E-state index contributed by atoms with van der Waals surface area (Å²) in [5.74, 6) is -0.712. The molecule has 0 aliphatic carbocycles. The van der Waals surface area contributed by atoms with Gasteiger partial charge in [-0.3, -0.25) is 4.79 Å². The molecule has 3 aromatic rings. The summed E-state index contributed by atoms with van der Waals surface area (Å²) in [5.41, 5.74) is 1.35. The summed E-state index contributed by atoms with van der Waals surface area (Å²) < 4.78 is 29.6. The molecule has 3 rings (SSSR count). The van der Waals surface area contributed by atoms with E-state index >= 15 is 0 Å². The lowest BCUT2D eigenvalue weighted by atomic mass is 10.2. The van der Waals surface area contributed by atoms with Gasteiger partial charge < -0.3 is 9.47 Å². The quantitative estimate of drug-likeness (QED) is 0.573. The molecule has 140 valence electrons. The Bertz CT molecular complexity index is 981. The van der Waals surface area contributed by atoms with Gasteiger partial charge in [0.1, 0.15) is 17.5 Å². The van der Waals surface area contributed by atoms with E-state index in [-0.39, 0.29) is 24.5 Å². The van der Waals surface area contributed by atoms with Crippen LogP contribution >= 0.6 is 0 Å². The fraction of sp³-hybridized carbons (Fsp3) is 0.238. The molecule has 2 aromatic carbocycles. The number of carbonyl (C=O) groups excluding carboxylic acids is 1. The zero-order valence-electron chi connectivity index (χ0n) is 15.2. The summed E-state index contributed by atoms with van der Waals surface area (Å²) in [4.78, 5) is 18.9. The first kappa shape index (κ1) is 18.8. The van der Waals surface area contributed by atoms with Crippen LogP contribution in [0.3, 0.4) is 0 Å². The fourth-order valence-corrected chi connectivity index (χ4v) is 3.09. The van der Waals surface area contributed by atoms with Crippen LogP contribution in [-0.2, 0) is 13.1 Å². The third-order valence-electron chi connectivity index (χ3n) is 4.31. The number of benzene rings is 2. The molecule has 6 heteroatoms. The van der Waals surface area contributed by atoms with E-state index in [9.17, 15) is 13.6 Å². The van der Waals surface area contributed by atoms with Gasteiger partial charge in [0.05, 0.1) is 23.1 Å². The minimum atomic E-state index is -0.569. The molecule has 27 heavy (non-hydrogen) atoms. The van der Waals surface area contributed by atoms with Crippen LogP contribution in [0.1, 0.15) is 29.5 Å². The summed E-state index contributed by atoms with van der Waals surface area (Å²) in [6, 6.07) is 10.3. The largest absolute Gasteiger partial charge is 0.327 e. The molecule has 0 unspecified atom stereocenters. The van der Waals surface area contributed by atoms with Crippen molar-refractivity contribution in [3.63, 3.8) is 0 Å². The molecular weight excluding hydrogens is 348 g/mol. The van der Waals surface area contributed by atoms with Crippen LogP contribution in [0.4, 0.5) is 8.78 Å². The van der Waals surface area contributed by atoms with Crippen molar-refractivity contribution in [2.75, 3.05) is 6.54 Å². The highest BCUT2D eigenvalue weighted by atomic mass is 19.1. The van der Waals surface area contributed by atoms with E-state index in [0.29, 0.717) is 23.4 Å². The number of carbonyl (C=O) groups is 1. The first-order chi connectivity index (χ1) is 13.0. The highest BCUT2D eigenvalue weighted by Crippen LogP contribution is 2.20. The molecule has 1 aromatic heterocycles. The predicted molar refractivity (Wildman–Crippen MR) is 101 cm³/mol. The topological polar surface area (TPSA) is 38.1 Å². The summed E-state index contributed by atoms with van der Waals surface area (Å²) >= 11 is 0. The molecule has 1 amide bonds. The third kappa shape index (κ3) is 3.89. The van der Waals surface area contributed by atoms with E-state index < -0.39 is 11.7 Å². The van der Waals surface area contributed by atoms with Gasteiger partial charge in [-0.1, -0.05) is 25.1 Å². The van der Waals surface area contributed by atoms with Gasteiger partial charge in [0, 0.05) is 13.1 Å². The van der Waals surface area contributed by atoms with Crippen LogP contribution in [0, 0.1) is 11.6 Å². The molecule has 0 aliphatic rings. The molecule has 0 spiro atoms. The molecule has 0 aliphatic heterocycles. The summed E-state index contributed by atoms with van der Waals surface area (Å²) in [6.07, 6.45) is 2.42. The van der Waals surface area contributed by atoms with Crippen LogP contribution < -0.4 is 0 Å². The third-order valence-corrected chi connectivity index (χ3v) is 4.31. The Morgan fingerprint density at radius 2 is 2.04 bits per heavy atom. The lowest BCUT2D eigenvalue weighted by Crippen LogP contribution is -2.32.